The molecule has 1 nitrogen and oxygen atoms in total. The SMILES string of the molecule is CCC1CCC(C(O)c2cscc2Br)C1. The molecule has 0 saturated heterocycles. The second-order valence-electron chi connectivity index (χ2n) is 4.47. The zero-order valence-electron chi connectivity index (χ0n) is 8.95. The average Bonchev–Trinajstić information content (AvgIpc) is 2.84. The number of rotatable bonds is 3. The van der Waals surface area contributed by atoms with Crippen molar-refractivity contribution in [2.75, 3.05) is 0 Å². The number of aliphatic hydroxyl groups excluding tert-OH is 1. The van der Waals surface area contributed by atoms with Crippen LogP contribution in [0, 0.1) is 11.8 Å². The van der Waals surface area contributed by atoms with Gasteiger partial charge in [-0.1, -0.05) is 19.8 Å². The van der Waals surface area contributed by atoms with Gasteiger partial charge in [0.05, 0.1) is 6.10 Å². The van der Waals surface area contributed by atoms with E-state index in [2.05, 4.69) is 28.2 Å². The summed E-state index contributed by atoms with van der Waals surface area (Å²) >= 11 is 5.15. The molecule has 2 rings (SSSR count). The summed E-state index contributed by atoms with van der Waals surface area (Å²) in [5, 5.41) is 14.4. The molecular formula is C12H17BrOS. The van der Waals surface area contributed by atoms with Crippen molar-refractivity contribution < 1.29 is 5.11 Å². The van der Waals surface area contributed by atoms with Gasteiger partial charge in [-0.05, 0) is 46.0 Å². The first kappa shape index (κ1) is 11.6. The Morgan fingerprint density at radius 3 is 2.87 bits per heavy atom. The highest BCUT2D eigenvalue weighted by atomic mass is 79.9. The summed E-state index contributed by atoms with van der Waals surface area (Å²) in [5.41, 5.74) is 1.08. The Labute approximate surface area is 104 Å². The maximum Gasteiger partial charge on any atom is 0.0837 e. The molecule has 1 aromatic rings. The van der Waals surface area contributed by atoms with E-state index < -0.39 is 0 Å². The zero-order chi connectivity index (χ0) is 10.8. The first-order chi connectivity index (χ1) is 7.22. The number of hydrogen-bond donors (Lipinski definition) is 1. The molecule has 0 radical (unpaired) electrons. The molecule has 0 spiro atoms. The van der Waals surface area contributed by atoms with E-state index in [1.165, 1.54) is 25.7 Å². The maximum atomic E-state index is 10.3. The van der Waals surface area contributed by atoms with Crippen molar-refractivity contribution in [1.82, 2.24) is 0 Å². The zero-order valence-corrected chi connectivity index (χ0v) is 11.4. The lowest BCUT2D eigenvalue weighted by Crippen LogP contribution is -2.09. The second-order valence-corrected chi connectivity index (χ2v) is 6.07. The molecule has 84 valence electrons. The van der Waals surface area contributed by atoms with E-state index in [9.17, 15) is 5.11 Å². The van der Waals surface area contributed by atoms with Crippen molar-refractivity contribution in [2.45, 2.75) is 38.7 Å². The molecule has 1 heterocycles. The minimum absolute atomic E-state index is 0.262. The molecule has 3 unspecified atom stereocenters. The van der Waals surface area contributed by atoms with Crippen LogP contribution in [0.3, 0.4) is 0 Å². The molecule has 1 aliphatic rings. The lowest BCUT2D eigenvalue weighted by atomic mass is 9.94. The lowest BCUT2D eigenvalue weighted by Gasteiger charge is -2.17. The Kier molecular flexibility index (Phi) is 3.86. The van der Waals surface area contributed by atoms with Crippen LogP contribution in [0.1, 0.15) is 44.3 Å². The minimum Gasteiger partial charge on any atom is -0.388 e. The molecule has 0 aromatic carbocycles. The first-order valence-electron chi connectivity index (χ1n) is 5.62. The third-order valence-electron chi connectivity index (χ3n) is 3.57. The molecule has 3 atom stereocenters. The van der Waals surface area contributed by atoms with Crippen LogP contribution in [0.4, 0.5) is 0 Å². The second kappa shape index (κ2) is 4.98. The highest BCUT2D eigenvalue weighted by Crippen LogP contribution is 2.42. The average molecular weight is 289 g/mol. The van der Waals surface area contributed by atoms with Gasteiger partial charge in [0.15, 0.2) is 0 Å². The molecule has 1 aliphatic carbocycles. The molecular weight excluding hydrogens is 272 g/mol. The standard InChI is InChI=1S/C12H17BrOS/c1-2-8-3-4-9(5-8)12(14)10-6-15-7-11(10)13/h6-9,12,14H,2-5H2,1H3. The van der Waals surface area contributed by atoms with Gasteiger partial charge in [-0.15, -0.1) is 0 Å². The first-order valence-corrected chi connectivity index (χ1v) is 7.35. The fourth-order valence-corrected chi connectivity index (χ4v) is 4.09. The summed E-state index contributed by atoms with van der Waals surface area (Å²) in [4.78, 5) is 0. The third-order valence-corrected chi connectivity index (χ3v) is 5.32. The molecule has 15 heavy (non-hydrogen) atoms. The number of hydrogen-bond acceptors (Lipinski definition) is 2. The van der Waals surface area contributed by atoms with E-state index >= 15 is 0 Å². The summed E-state index contributed by atoms with van der Waals surface area (Å²) in [5.74, 6) is 1.31. The molecule has 0 amide bonds. The van der Waals surface area contributed by atoms with Crippen molar-refractivity contribution in [3.05, 3.63) is 20.8 Å². The van der Waals surface area contributed by atoms with Crippen LogP contribution in [-0.2, 0) is 0 Å². The Morgan fingerprint density at radius 2 is 2.33 bits per heavy atom. The van der Waals surface area contributed by atoms with Gasteiger partial charge in [0, 0.05) is 15.4 Å². The van der Waals surface area contributed by atoms with Gasteiger partial charge < -0.3 is 5.11 Å². The number of thiophene rings is 1. The topological polar surface area (TPSA) is 20.2 Å². The highest BCUT2D eigenvalue weighted by molar-refractivity contribution is 9.10. The van der Waals surface area contributed by atoms with Crippen molar-refractivity contribution >= 4 is 27.3 Å². The largest absolute Gasteiger partial charge is 0.388 e. The lowest BCUT2D eigenvalue weighted by molar-refractivity contribution is 0.109. The van der Waals surface area contributed by atoms with E-state index in [0.29, 0.717) is 5.92 Å². The summed E-state index contributed by atoms with van der Waals surface area (Å²) < 4.78 is 1.07. The summed E-state index contributed by atoms with van der Waals surface area (Å²) in [7, 11) is 0. The summed E-state index contributed by atoms with van der Waals surface area (Å²) in [6.07, 6.45) is 4.66. The van der Waals surface area contributed by atoms with Crippen LogP contribution in [0.2, 0.25) is 0 Å². The van der Waals surface area contributed by atoms with Crippen molar-refractivity contribution in [3.8, 4) is 0 Å². The van der Waals surface area contributed by atoms with Crippen molar-refractivity contribution in [2.24, 2.45) is 11.8 Å². The van der Waals surface area contributed by atoms with Gasteiger partial charge in [-0.3, -0.25) is 0 Å². The van der Waals surface area contributed by atoms with Gasteiger partial charge >= 0.3 is 0 Å². The highest BCUT2D eigenvalue weighted by Gasteiger charge is 2.30. The Balaban J connectivity index is 2.03. The molecule has 1 N–H and O–H groups in total. The molecule has 3 heteroatoms. The smallest absolute Gasteiger partial charge is 0.0837 e. The van der Waals surface area contributed by atoms with Crippen molar-refractivity contribution in [3.63, 3.8) is 0 Å². The molecule has 1 fully saturated rings. The fraction of sp³-hybridized carbons (Fsp3) is 0.667. The molecule has 1 saturated carbocycles. The van der Waals surface area contributed by atoms with Gasteiger partial charge in [0.2, 0.25) is 0 Å². The van der Waals surface area contributed by atoms with Crippen LogP contribution in [-0.4, -0.2) is 5.11 Å². The van der Waals surface area contributed by atoms with Gasteiger partial charge in [-0.2, -0.15) is 11.3 Å². The number of halogens is 1. The molecule has 1 aromatic heterocycles. The Morgan fingerprint density at radius 1 is 1.53 bits per heavy atom. The van der Waals surface area contributed by atoms with Crippen molar-refractivity contribution in [1.29, 1.82) is 0 Å². The van der Waals surface area contributed by atoms with Crippen LogP contribution >= 0.6 is 27.3 Å². The Bertz CT molecular complexity index is 323. The molecule has 0 bridgehead atoms. The van der Waals surface area contributed by atoms with E-state index in [1.807, 2.05) is 5.38 Å². The van der Waals surface area contributed by atoms with E-state index in [1.54, 1.807) is 11.3 Å². The van der Waals surface area contributed by atoms with Crippen LogP contribution in [0.5, 0.6) is 0 Å². The minimum atomic E-state index is -0.262. The van der Waals surface area contributed by atoms with E-state index in [-0.39, 0.29) is 6.10 Å². The summed E-state index contributed by atoms with van der Waals surface area (Å²) in [6.45, 7) is 2.25. The fourth-order valence-electron chi connectivity index (χ4n) is 2.53. The van der Waals surface area contributed by atoms with Gasteiger partial charge in [0.1, 0.15) is 0 Å². The summed E-state index contributed by atoms with van der Waals surface area (Å²) in [6, 6.07) is 0. The van der Waals surface area contributed by atoms with E-state index in [4.69, 9.17) is 0 Å². The Hall–Kier alpha value is 0.140. The predicted octanol–water partition coefficient (Wildman–Crippen LogP) is 4.37. The molecule has 0 aliphatic heterocycles. The van der Waals surface area contributed by atoms with Crippen LogP contribution < -0.4 is 0 Å². The maximum absolute atomic E-state index is 10.3. The normalized spacial score (nSPS) is 28.2. The monoisotopic (exact) mass is 288 g/mol. The van der Waals surface area contributed by atoms with Crippen LogP contribution in [0.15, 0.2) is 15.2 Å². The third kappa shape index (κ3) is 2.45. The van der Waals surface area contributed by atoms with Gasteiger partial charge in [0.25, 0.3) is 0 Å². The van der Waals surface area contributed by atoms with Gasteiger partial charge in [-0.25, -0.2) is 0 Å². The predicted molar refractivity (Wildman–Crippen MR) is 68.1 cm³/mol. The van der Waals surface area contributed by atoms with Crippen LogP contribution in [0.25, 0.3) is 0 Å². The van der Waals surface area contributed by atoms with E-state index in [0.717, 1.165) is 16.0 Å². The number of aliphatic hydroxyl groups is 1. The quantitative estimate of drug-likeness (QED) is 0.876.